The highest BCUT2D eigenvalue weighted by molar-refractivity contribution is 9.10. The number of hydrogen-bond donors (Lipinski definition) is 1. The average Bonchev–Trinajstić information content (AvgIpc) is 2.47. The van der Waals surface area contributed by atoms with Crippen molar-refractivity contribution in [3.8, 4) is 5.75 Å². The van der Waals surface area contributed by atoms with Gasteiger partial charge in [0.15, 0.2) is 0 Å². The van der Waals surface area contributed by atoms with Gasteiger partial charge < -0.3 is 10.5 Å². The SMILES string of the molecule is Nc1cccc(Br)c1COc1cccc2ncccc12. The van der Waals surface area contributed by atoms with Crippen LogP contribution in [0.2, 0.25) is 0 Å². The second kappa shape index (κ2) is 5.51. The number of fused-ring (bicyclic) bond motifs is 1. The Morgan fingerprint density at radius 2 is 1.90 bits per heavy atom. The number of nitrogens with two attached hydrogens (primary N) is 1. The van der Waals surface area contributed by atoms with Crippen LogP contribution in [0.5, 0.6) is 5.75 Å². The molecule has 0 radical (unpaired) electrons. The van der Waals surface area contributed by atoms with Crippen LogP contribution in [0.3, 0.4) is 0 Å². The minimum absolute atomic E-state index is 0.418. The predicted molar refractivity (Wildman–Crippen MR) is 84.6 cm³/mol. The first-order valence-corrected chi connectivity index (χ1v) is 7.04. The Bertz CT molecular complexity index is 733. The van der Waals surface area contributed by atoms with Gasteiger partial charge in [0, 0.05) is 27.3 Å². The van der Waals surface area contributed by atoms with Crippen LogP contribution in [0, 0.1) is 0 Å². The van der Waals surface area contributed by atoms with Gasteiger partial charge in [-0.2, -0.15) is 0 Å². The van der Waals surface area contributed by atoms with E-state index >= 15 is 0 Å². The van der Waals surface area contributed by atoms with Crippen LogP contribution in [0.4, 0.5) is 5.69 Å². The van der Waals surface area contributed by atoms with E-state index in [1.54, 1.807) is 6.20 Å². The molecule has 0 aliphatic carbocycles. The first kappa shape index (κ1) is 12.9. The molecule has 0 saturated heterocycles. The highest BCUT2D eigenvalue weighted by atomic mass is 79.9. The molecule has 2 N–H and O–H groups in total. The minimum atomic E-state index is 0.418. The summed E-state index contributed by atoms with van der Waals surface area (Å²) in [5.74, 6) is 0.811. The molecule has 4 heteroatoms. The fraction of sp³-hybridized carbons (Fsp3) is 0.0625. The minimum Gasteiger partial charge on any atom is -0.488 e. The molecule has 0 fully saturated rings. The quantitative estimate of drug-likeness (QED) is 0.734. The van der Waals surface area contributed by atoms with Crippen molar-refractivity contribution in [1.82, 2.24) is 4.98 Å². The van der Waals surface area contributed by atoms with Crippen molar-refractivity contribution in [3.63, 3.8) is 0 Å². The number of nitrogen functional groups attached to an aromatic ring is 1. The van der Waals surface area contributed by atoms with Gasteiger partial charge in [-0.25, -0.2) is 0 Å². The third-order valence-corrected chi connectivity index (χ3v) is 3.88. The molecule has 0 atom stereocenters. The fourth-order valence-corrected chi connectivity index (χ4v) is 2.57. The van der Waals surface area contributed by atoms with E-state index in [0.29, 0.717) is 6.61 Å². The number of anilines is 1. The zero-order valence-corrected chi connectivity index (χ0v) is 12.3. The summed E-state index contributed by atoms with van der Waals surface area (Å²) in [7, 11) is 0. The van der Waals surface area contributed by atoms with Gasteiger partial charge in [0.2, 0.25) is 0 Å². The third-order valence-electron chi connectivity index (χ3n) is 3.13. The third kappa shape index (κ3) is 2.47. The van der Waals surface area contributed by atoms with Crippen LogP contribution in [0.1, 0.15) is 5.56 Å². The first-order chi connectivity index (χ1) is 9.75. The predicted octanol–water partition coefficient (Wildman–Crippen LogP) is 4.16. The molecule has 0 unspecified atom stereocenters. The van der Waals surface area contributed by atoms with Crippen LogP contribution in [0.25, 0.3) is 10.9 Å². The van der Waals surface area contributed by atoms with Crippen LogP contribution in [0.15, 0.2) is 59.2 Å². The molecule has 0 saturated carbocycles. The average molecular weight is 329 g/mol. The second-order valence-corrected chi connectivity index (χ2v) is 5.28. The lowest BCUT2D eigenvalue weighted by Crippen LogP contribution is -2.01. The summed E-state index contributed by atoms with van der Waals surface area (Å²) in [5, 5.41) is 1.00. The number of aromatic nitrogens is 1. The van der Waals surface area contributed by atoms with E-state index in [9.17, 15) is 0 Å². The summed E-state index contributed by atoms with van der Waals surface area (Å²) >= 11 is 3.50. The van der Waals surface area contributed by atoms with E-state index in [4.69, 9.17) is 10.5 Å². The number of halogens is 1. The largest absolute Gasteiger partial charge is 0.488 e. The summed E-state index contributed by atoms with van der Waals surface area (Å²) in [6.45, 7) is 0.418. The van der Waals surface area contributed by atoms with Crippen molar-refractivity contribution in [2.45, 2.75) is 6.61 Å². The summed E-state index contributed by atoms with van der Waals surface area (Å²) < 4.78 is 6.87. The van der Waals surface area contributed by atoms with E-state index < -0.39 is 0 Å². The lowest BCUT2D eigenvalue weighted by molar-refractivity contribution is 0.310. The normalized spacial score (nSPS) is 10.7. The molecule has 0 spiro atoms. The molecule has 3 rings (SSSR count). The van der Waals surface area contributed by atoms with Crippen molar-refractivity contribution in [1.29, 1.82) is 0 Å². The molecule has 0 amide bonds. The van der Waals surface area contributed by atoms with Gasteiger partial charge in [-0.1, -0.05) is 28.1 Å². The van der Waals surface area contributed by atoms with Crippen molar-refractivity contribution in [3.05, 3.63) is 64.8 Å². The summed E-state index contributed by atoms with van der Waals surface area (Å²) in [5.41, 5.74) is 8.57. The molecular formula is C16H13BrN2O. The zero-order chi connectivity index (χ0) is 13.9. The van der Waals surface area contributed by atoms with E-state index in [1.165, 1.54) is 0 Å². The van der Waals surface area contributed by atoms with E-state index in [2.05, 4.69) is 20.9 Å². The molecule has 2 aromatic carbocycles. The Hall–Kier alpha value is -2.07. The molecule has 1 aromatic heterocycles. The van der Waals surface area contributed by atoms with Gasteiger partial charge in [-0.15, -0.1) is 0 Å². The number of hydrogen-bond acceptors (Lipinski definition) is 3. The summed E-state index contributed by atoms with van der Waals surface area (Å²) in [6.07, 6.45) is 1.78. The Kier molecular flexibility index (Phi) is 3.56. The lowest BCUT2D eigenvalue weighted by Gasteiger charge is -2.12. The Morgan fingerprint density at radius 3 is 2.75 bits per heavy atom. The Labute approximate surface area is 125 Å². The number of benzene rings is 2. The van der Waals surface area contributed by atoms with Crippen LogP contribution in [-0.4, -0.2) is 4.98 Å². The standard InChI is InChI=1S/C16H13BrN2O/c17-13-5-1-6-14(18)12(13)10-20-16-8-2-7-15-11(16)4-3-9-19-15/h1-9H,10,18H2. The molecule has 1 heterocycles. The molecule has 20 heavy (non-hydrogen) atoms. The molecule has 100 valence electrons. The highest BCUT2D eigenvalue weighted by Crippen LogP contribution is 2.27. The fourth-order valence-electron chi connectivity index (χ4n) is 2.08. The maximum Gasteiger partial charge on any atom is 0.129 e. The topological polar surface area (TPSA) is 48.1 Å². The Balaban J connectivity index is 1.91. The summed E-state index contributed by atoms with van der Waals surface area (Å²) in [4.78, 5) is 4.32. The smallest absolute Gasteiger partial charge is 0.129 e. The van der Waals surface area contributed by atoms with Gasteiger partial charge in [0.1, 0.15) is 12.4 Å². The number of pyridine rings is 1. The summed E-state index contributed by atoms with van der Waals surface area (Å²) in [6, 6.07) is 15.5. The molecule has 3 nitrogen and oxygen atoms in total. The first-order valence-electron chi connectivity index (χ1n) is 6.25. The Morgan fingerprint density at radius 1 is 1.05 bits per heavy atom. The molecule has 0 aliphatic heterocycles. The number of nitrogens with zero attached hydrogens (tertiary/aromatic N) is 1. The van der Waals surface area contributed by atoms with E-state index in [0.717, 1.165) is 32.4 Å². The number of rotatable bonds is 3. The molecular weight excluding hydrogens is 316 g/mol. The number of ether oxygens (including phenoxy) is 1. The molecule has 0 bridgehead atoms. The highest BCUT2D eigenvalue weighted by Gasteiger charge is 2.07. The maximum absolute atomic E-state index is 5.98. The van der Waals surface area contributed by atoms with Gasteiger partial charge in [-0.05, 0) is 36.4 Å². The molecule has 3 aromatic rings. The lowest BCUT2D eigenvalue weighted by atomic mass is 10.2. The monoisotopic (exact) mass is 328 g/mol. The van der Waals surface area contributed by atoms with E-state index in [1.807, 2.05) is 48.5 Å². The van der Waals surface area contributed by atoms with E-state index in [-0.39, 0.29) is 0 Å². The maximum atomic E-state index is 5.98. The zero-order valence-electron chi connectivity index (χ0n) is 10.7. The van der Waals surface area contributed by atoms with Crippen molar-refractivity contribution in [2.24, 2.45) is 0 Å². The second-order valence-electron chi connectivity index (χ2n) is 4.42. The molecule has 0 aliphatic rings. The van der Waals surface area contributed by atoms with Crippen molar-refractivity contribution in [2.75, 3.05) is 5.73 Å². The van der Waals surface area contributed by atoms with Crippen LogP contribution < -0.4 is 10.5 Å². The van der Waals surface area contributed by atoms with Gasteiger partial charge in [-0.3, -0.25) is 4.98 Å². The van der Waals surface area contributed by atoms with Crippen molar-refractivity contribution >= 4 is 32.5 Å². The van der Waals surface area contributed by atoms with Gasteiger partial charge >= 0.3 is 0 Å². The van der Waals surface area contributed by atoms with Crippen LogP contribution in [-0.2, 0) is 6.61 Å². The van der Waals surface area contributed by atoms with Gasteiger partial charge in [0.05, 0.1) is 5.52 Å². The van der Waals surface area contributed by atoms with Crippen LogP contribution >= 0.6 is 15.9 Å². The van der Waals surface area contributed by atoms with Crippen molar-refractivity contribution < 1.29 is 4.74 Å². The van der Waals surface area contributed by atoms with Gasteiger partial charge in [0.25, 0.3) is 0 Å².